The molecule has 8 nitrogen and oxygen atoms in total. The van der Waals surface area contributed by atoms with Crippen molar-refractivity contribution >= 4 is 28.7 Å². The van der Waals surface area contributed by atoms with Crippen LogP contribution in [0.1, 0.15) is 44.9 Å². The Kier molecular flexibility index (Phi) is 5.71. The van der Waals surface area contributed by atoms with Crippen LogP contribution in [0.15, 0.2) is 18.2 Å². The second-order valence-electron chi connectivity index (χ2n) is 8.07. The molecule has 1 aliphatic carbocycles. The van der Waals surface area contributed by atoms with Crippen molar-refractivity contribution in [3.8, 4) is 0 Å². The lowest BCUT2D eigenvalue weighted by molar-refractivity contribution is -0.139. The van der Waals surface area contributed by atoms with Crippen LogP contribution < -0.4 is 10.6 Å². The van der Waals surface area contributed by atoms with E-state index in [1.54, 1.807) is 0 Å². The molecule has 1 aliphatic heterocycles. The van der Waals surface area contributed by atoms with E-state index in [4.69, 9.17) is 10.1 Å². The highest BCUT2D eigenvalue weighted by atomic mass is 16.4. The highest BCUT2D eigenvalue weighted by Gasteiger charge is 2.34. The topological polar surface area (TPSA) is 99.5 Å². The number of aliphatic carboxylic acids is 1. The Morgan fingerprint density at radius 1 is 1.28 bits per heavy atom. The van der Waals surface area contributed by atoms with Gasteiger partial charge in [-0.25, -0.2) is 9.78 Å². The number of hydrogen-bond donors (Lipinski definition) is 3. The second-order valence-corrected chi connectivity index (χ2v) is 8.07. The fraction of sp³-hybridized carbons (Fsp3) is 0.571. The first kappa shape index (κ1) is 19.7. The van der Waals surface area contributed by atoms with Crippen molar-refractivity contribution in [2.75, 3.05) is 18.4 Å². The molecule has 0 unspecified atom stereocenters. The van der Waals surface area contributed by atoms with Crippen LogP contribution in [-0.2, 0) is 17.8 Å². The lowest BCUT2D eigenvalue weighted by Gasteiger charge is -2.42. The zero-order valence-corrected chi connectivity index (χ0v) is 16.9. The molecular weight excluding hydrogens is 370 g/mol. The van der Waals surface area contributed by atoms with Crippen LogP contribution in [0.4, 0.5) is 10.5 Å². The number of imidazole rings is 1. The van der Waals surface area contributed by atoms with Crippen molar-refractivity contribution in [1.82, 2.24) is 19.8 Å². The van der Waals surface area contributed by atoms with Gasteiger partial charge >= 0.3 is 12.0 Å². The summed E-state index contributed by atoms with van der Waals surface area (Å²) >= 11 is 0. The summed E-state index contributed by atoms with van der Waals surface area (Å²) in [7, 11) is 0. The molecule has 4 rings (SSSR count). The van der Waals surface area contributed by atoms with E-state index in [2.05, 4.69) is 15.2 Å². The fourth-order valence-electron chi connectivity index (χ4n) is 4.46. The quantitative estimate of drug-likeness (QED) is 0.694. The minimum Gasteiger partial charge on any atom is -0.480 e. The molecule has 3 N–H and O–H groups in total. The minimum absolute atomic E-state index is 0.0503. The SMILES string of the molecule is CCN(CC(=O)O)C1CC(NC(=O)Nc2ccc3c(c2)nc2n3CCCCC2)C1. The molecule has 156 valence electrons. The van der Waals surface area contributed by atoms with E-state index in [1.165, 1.54) is 19.3 Å². The highest BCUT2D eigenvalue weighted by Crippen LogP contribution is 2.27. The number of likely N-dealkylation sites (N-methyl/N-ethyl adjacent to an activating group) is 1. The first-order valence-corrected chi connectivity index (χ1v) is 10.6. The van der Waals surface area contributed by atoms with Crippen molar-refractivity contribution in [1.29, 1.82) is 0 Å². The third-order valence-corrected chi connectivity index (χ3v) is 6.08. The Labute approximate surface area is 170 Å². The molecule has 1 fully saturated rings. The number of fused-ring (bicyclic) bond motifs is 3. The number of aromatic nitrogens is 2. The van der Waals surface area contributed by atoms with E-state index in [0.29, 0.717) is 6.54 Å². The summed E-state index contributed by atoms with van der Waals surface area (Å²) in [5.41, 5.74) is 2.80. The summed E-state index contributed by atoms with van der Waals surface area (Å²) in [4.78, 5) is 30.0. The molecule has 8 heteroatoms. The summed E-state index contributed by atoms with van der Waals surface area (Å²) in [6.45, 7) is 3.72. The van der Waals surface area contributed by atoms with Gasteiger partial charge in [0.15, 0.2) is 0 Å². The van der Waals surface area contributed by atoms with Gasteiger partial charge < -0.3 is 20.3 Å². The van der Waals surface area contributed by atoms with E-state index in [-0.39, 0.29) is 24.7 Å². The van der Waals surface area contributed by atoms with Gasteiger partial charge in [-0.1, -0.05) is 13.3 Å². The van der Waals surface area contributed by atoms with Gasteiger partial charge in [0.2, 0.25) is 0 Å². The molecule has 1 saturated carbocycles. The lowest BCUT2D eigenvalue weighted by Crippen LogP contribution is -2.55. The molecule has 1 aromatic carbocycles. The largest absolute Gasteiger partial charge is 0.480 e. The summed E-state index contributed by atoms with van der Waals surface area (Å²) in [6.07, 6.45) is 6.19. The Hall–Kier alpha value is -2.61. The number of anilines is 1. The van der Waals surface area contributed by atoms with Crippen molar-refractivity contribution in [2.45, 2.75) is 64.1 Å². The zero-order valence-electron chi connectivity index (χ0n) is 16.9. The third-order valence-electron chi connectivity index (χ3n) is 6.08. The molecule has 29 heavy (non-hydrogen) atoms. The molecule has 0 atom stereocenters. The molecule has 2 amide bonds. The van der Waals surface area contributed by atoms with Crippen LogP contribution in [0.2, 0.25) is 0 Å². The summed E-state index contributed by atoms with van der Waals surface area (Å²) in [5.74, 6) is 0.328. The number of rotatable bonds is 6. The van der Waals surface area contributed by atoms with E-state index in [0.717, 1.165) is 48.4 Å². The minimum atomic E-state index is -0.812. The molecule has 0 radical (unpaired) electrons. The monoisotopic (exact) mass is 399 g/mol. The number of amides is 2. The van der Waals surface area contributed by atoms with Gasteiger partial charge in [-0.3, -0.25) is 9.69 Å². The third kappa shape index (κ3) is 4.37. The molecule has 2 aromatic rings. The number of nitrogens with one attached hydrogen (secondary N) is 2. The van der Waals surface area contributed by atoms with Crippen LogP contribution >= 0.6 is 0 Å². The molecule has 0 bridgehead atoms. The first-order chi connectivity index (χ1) is 14.0. The number of carbonyl (C=O) groups excluding carboxylic acids is 1. The van der Waals surface area contributed by atoms with Crippen molar-refractivity contribution in [3.63, 3.8) is 0 Å². The van der Waals surface area contributed by atoms with Gasteiger partial charge in [-0.2, -0.15) is 0 Å². The van der Waals surface area contributed by atoms with E-state index < -0.39 is 5.97 Å². The van der Waals surface area contributed by atoms with E-state index >= 15 is 0 Å². The van der Waals surface area contributed by atoms with Gasteiger partial charge in [-0.05, 0) is 50.4 Å². The Morgan fingerprint density at radius 2 is 2.10 bits per heavy atom. The molecule has 1 aromatic heterocycles. The highest BCUT2D eigenvalue weighted by molar-refractivity contribution is 5.92. The van der Waals surface area contributed by atoms with Crippen LogP contribution in [0.25, 0.3) is 11.0 Å². The number of carbonyl (C=O) groups is 2. The average Bonchev–Trinajstić information content (AvgIpc) is 2.82. The maximum Gasteiger partial charge on any atom is 0.319 e. The molecule has 0 saturated heterocycles. The zero-order chi connectivity index (χ0) is 20.4. The summed E-state index contributed by atoms with van der Waals surface area (Å²) < 4.78 is 2.30. The number of benzene rings is 1. The summed E-state index contributed by atoms with van der Waals surface area (Å²) in [6, 6.07) is 5.98. The second kappa shape index (κ2) is 8.41. The van der Waals surface area contributed by atoms with Gasteiger partial charge in [0.05, 0.1) is 17.6 Å². The number of aryl methyl sites for hydroxylation is 2. The fourth-order valence-corrected chi connectivity index (χ4v) is 4.46. The number of carboxylic acids is 1. The van der Waals surface area contributed by atoms with Crippen molar-refractivity contribution < 1.29 is 14.7 Å². The Morgan fingerprint density at radius 3 is 2.86 bits per heavy atom. The average molecular weight is 399 g/mol. The Bertz CT molecular complexity index is 903. The van der Waals surface area contributed by atoms with Crippen LogP contribution in [0, 0.1) is 0 Å². The predicted molar refractivity (Wildman–Crippen MR) is 111 cm³/mol. The maximum atomic E-state index is 12.4. The smallest absolute Gasteiger partial charge is 0.319 e. The van der Waals surface area contributed by atoms with Crippen molar-refractivity contribution in [2.24, 2.45) is 0 Å². The van der Waals surface area contributed by atoms with Gasteiger partial charge in [-0.15, -0.1) is 0 Å². The van der Waals surface area contributed by atoms with Gasteiger partial charge in [0.25, 0.3) is 0 Å². The lowest BCUT2D eigenvalue weighted by atomic mass is 9.85. The normalized spacial score (nSPS) is 21.3. The van der Waals surface area contributed by atoms with E-state index in [1.807, 2.05) is 30.0 Å². The standard InChI is InChI=1S/C21H29N5O3/c1-2-25(13-20(27)28)16-10-15(11-16)23-21(29)22-14-7-8-18-17(12-14)24-19-6-4-3-5-9-26(18)19/h7-8,12,15-16H,2-6,9-11,13H2,1H3,(H,27,28)(H2,22,23,29). The molecule has 2 heterocycles. The number of hydrogen-bond acceptors (Lipinski definition) is 4. The predicted octanol–water partition coefficient (Wildman–Crippen LogP) is 2.82. The van der Waals surface area contributed by atoms with Crippen LogP contribution in [-0.4, -0.2) is 56.7 Å². The number of carboxylic acid groups (broad SMARTS) is 1. The number of nitrogens with zero attached hydrogens (tertiary/aromatic N) is 3. The number of urea groups is 1. The van der Waals surface area contributed by atoms with Crippen molar-refractivity contribution in [3.05, 3.63) is 24.0 Å². The van der Waals surface area contributed by atoms with Crippen LogP contribution in [0.5, 0.6) is 0 Å². The molecule has 2 aliphatic rings. The molecular formula is C21H29N5O3. The van der Waals surface area contributed by atoms with Crippen LogP contribution in [0.3, 0.4) is 0 Å². The first-order valence-electron chi connectivity index (χ1n) is 10.6. The molecule has 0 spiro atoms. The summed E-state index contributed by atoms with van der Waals surface area (Å²) in [5, 5.41) is 14.9. The van der Waals surface area contributed by atoms with E-state index in [9.17, 15) is 9.59 Å². The van der Waals surface area contributed by atoms with Gasteiger partial charge in [0, 0.05) is 30.7 Å². The van der Waals surface area contributed by atoms with Gasteiger partial charge in [0.1, 0.15) is 5.82 Å². The Balaban J connectivity index is 1.32. The maximum absolute atomic E-state index is 12.4.